The van der Waals surface area contributed by atoms with Crippen molar-refractivity contribution in [2.75, 3.05) is 5.73 Å². The molecule has 0 bridgehead atoms. The van der Waals surface area contributed by atoms with E-state index in [0.717, 1.165) is 0 Å². The molecule has 0 spiro atoms. The van der Waals surface area contributed by atoms with Gasteiger partial charge in [0, 0.05) is 11.0 Å². The number of carbonyl (C=O) groups is 1. The third kappa shape index (κ3) is 1.78. The third-order valence-electron chi connectivity index (χ3n) is 2.35. The highest BCUT2D eigenvalue weighted by Gasteiger charge is 2.23. The van der Waals surface area contributed by atoms with Crippen LogP contribution in [-0.2, 0) is 0 Å². The molecule has 0 radical (unpaired) electrons. The van der Waals surface area contributed by atoms with E-state index in [9.17, 15) is 4.79 Å². The zero-order valence-electron chi connectivity index (χ0n) is 9.57. The molecule has 0 saturated carbocycles. The summed E-state index contributed by atoms with van der Waals surface area (Å²) in [7, 11) is 0. The summed E-state index contributed by atoms with van der Waals surface area (Å²) in [6, 6.07) is 5.30. The fraction of sp³-hybridized carbons (Fsp3) is 0.333. The lowest BCUT2D eigenvalue weighted by Gasteiger charge is -2.16. The maximum Gasteiger partial charge on any atom is 0.292 e. The lowest BCUT2D eigenvalue weighted by atomic mass is 9.86. The Morgan fingerprint density at radius 1 is 1.38 bits per heavy atom. The predicted octanol–water partition coefficient (Wildman–Crippen LogP) is 2.64. The van der Waals surface area contributed by atoms with Gasteiger partial charge >= 0.3 is 0 Å². The van der Waals surface area contributed by atoms with Crippen molar-refractivity contribution >= 4 is 22.9 Å². The van der Waals surface area contributed by atoms with Crippen LogP contribution in [0.15, 0.2) is 22.6 Å². The molecule has 2 rings (SSSR count). The van der Waals surface area contributed by atoms with E-state index in [4.69, 9.17) is 10.2 Å². The molecular weight excluding hydrogens is 204 g/mol. The van der Waals surface area contributed by atoms with Gasteiger partial charge in [-0.25, -0.2) is 0 Å². The molecular formula is C12H14N2O2. The number of nitrogens with two attached hydrogens (primary N) is 1. The number of nitrogens with zero attached hydrogens (tertiary/aromatic N) is 1. The Hall–Kier alpha value is -1.84. The number of rotatable bonds is 1. The van der Waals surface area contributed by atoms with Gasteiger partial charge in [-0.05, 0) is 18.2 Å². The van der Waals surface area contributed by atoms with Crippen LogP contribution in [0.1, 0.15) is 31.1 Å². The standard InChI is InChI=1S/C12H14N2O2/c1-12(2,3)10(15)7-4-5-8-9(6-7)16-11(13)14-8/h4-6H,1-3H3,(H2,13,14). The smallest absolute Gasteiger partial charge is 0.292 e. The number of oxazole rings is 1. The molecule has 1 heterocycles. The summed E-state index contributed by atoms with van der Waals surface area (Å²) < 4.78 is 5.19. The summed E-state index contributed by atoms with van der Waals surface area (Å²) in [4.78, 5) is 16.0. The molecule has 0 aliphatic carbocycles. The van der Waals surface area contributed by atoms with Crippen molar-refractivity contribution in [3.05, 3.63) is 23.8 Å². The van der Waals surface area contributed by atoms with Crippen molar-refractivity contribution in [2.45, 2.75) is 20.8 Å². The maximum absolute atomic E-state index is 12.0. The van der Waals surface area contributed by atoms with E-state index in [1.807, 2.05) is 20.8 Å². The second kappa shape index (κ2) is 3.33. The number of Topliss-reactive ketones (excluding diaryl/α,β-unsaturated/α-hetero) is 1. The monoisotopic (exact) mass is 218 g/mol. The van der Waals surface area contributed by atoms with Crippen LogP contribution < -0.4 is 5.73 Å². The normalized spacial score (nSPS) is 11.9. The van der Waals surface area contributed by atoms with Crippen molar-refractivity contribution < 1.29 is 9.21 Å². The van der Waals surface area contributed by atoms with Gasteiger partial charge in [-0.15, -0.1) is 0 Å². The number of aromatic nitrogens is 1. The predicted molar refractivity (Wildman–Crippen MR) is 62.2 cm³/mol. The third-order valence-corrected chi connectivity index (χ3v) is 2.35. The molecule has 2 aromatic rings. The topological polar surface area (TPSA) is 69.1 Å². The lowest BCUT2D eigenvalue weighted by Crippen LogP contribution is -2.19. The summed E-state index contributed by atoms with van der Waals surface area (Å²) in [6.45, 7) is 5.65. The average Bonchev–Trinajstić information content (AvgIpc) is 2.54. The second-order valence-corrected chi connectivity index (χ2v) is 4.81. The average molecular weight is 218 g/mol. The van der Waals surface area contributed by atoms with Gasteiger partial charge in [0.05, 0.1) is 0 Å². The molecule has 84 valence electrons. The molecule has 0 fully saturated rings. The van der Waals surface area contributed by atoms with Gasteiger partial charge in [0.15, 0.2) is 11.4 Å². The summed E-state index contributed by atoms with van der Waals surface area (Å²) in [6.07, 6.45) is 0. The van der Waals surface area contributed by atoms with Gasteiger partial charge in [0.2, 0.25) is 0 Å². The molecule has 4 nitrogen and oxygen atoms in total. The fourth-order valence-electron chi connectivity index (χ4n) is 1.52. The molecule has 0 amide bonds. The molecule has 1 aromatic carbocycles. The summed E-state index contributed by atoms with van der Waals surface area (Å²) in [5.74, 6) is 0.0735. The van der Waals surface area contributed by atoms with Crippen LogP contribution >= 0.6 is 0 Å². The SMILES string of the molecule is CC(C)(C)C(=O)c1ccc2nc(N)oc2c1. The van der Waals surface area contributed by atoms with Crippen LogP contribution in [0, 0.1) is 5.41 Å². The number of hydrogen-bond acceptors (Lipinski definition) is 4. The minimum Gasteiger partial charge on any atom is -0.424 e. The highest BCUT2D eigenvalue weighted by Crippen LogP contribution is 2.24. The quantitative estimate of drug-likeness (QED) is 0.747. The number of ketones is 1. The molecule has 16 heavy (non-hydrogen) atoms. The fourth-order valence-corrected chi connectivity index (χ4v) is 1.52. The minimum absolute atomic E-state index is 0.0735. The van der Waals surface area contributed by atoms with Crippen molar-refractivity contribution in [3.63, 3.8) is 0 Å². The maximum atomic E-state index is 12.0. The highest BCUT2D eigenvalue weighted by molar-refractivity contribution is 6.01. The molecule has 0 atom stereocenters. The van der Waals surface area contributed by atoms with Gasteiger partial charge in [-0.3, -0.25) is 4.79 Å². The molecule has 4 heteroatoms. The van der Waals surface area contributed by atoms with Crippen LogP contribution in [0.4, 0.5) is 6.01 Å². The van der Waals surface area contributed by atoms with E-state index in [-0.39, 0.29) is 11.8 Å². The highest BCUT2D eigenvalue weighted by atomic mass is 16.4. The van der Waals surface area contributed by atoms with Crippen LogP contribution in [0.3, 0.4) is 0 Å². The largest absolute Gasteiger partial charge is 0.424 e. The first kappa shape index (κ1) is 10.7. The molecule has 1 aromatic heterocycles. The Morgan fingerprint density at radius 2 is 2.06 bits per heavy atom. The van der Waals surface area contributed by atoms with Crippen molar-refractivity contribution in [2.24, 2.45) is 5.41 Å². The number of carbonyl (C=O) groups excluding carboxylic acids is 1. The van der Waals surface area contributed by atoms with Crippen molar-refractivity contribution in [1.82, 2.24) is 4.98 Å². The lowest BCUT2D eigenvalue weighted by molar-refractivity contribution is 0.0858. The van der Waals surface area contributed by atoms with E-state index in [2.05, 4.69) is 4.98 Å². The Balaban J connectivity index is 2.51. The molecule has 0 unspecified atom stereocenters. The molecule has 0 saturated heterocycles. The zero-order chi connectivity index (χ0) is 11.9. The first-order valence-electron chi connectivity index (χ1n) is 5.09. The van der Waals surface area contributed by atoms with E-state index >= 15 is 0 Å². The van der Waals surface area contributed by atoms with Gasteiger partial charge in [-0.1, -0.05) is 20.8 Å². The summed E-state index contributed by atoms with van der Waals surface area (Å²) >= 11 is 0. The van der Waals surface area contributed by atoms with Crippen LogP contribution in [0.2, 0.25) is 0 Å². The summed E-state index contributed by atoms with van der Waals surface area (Å²) in [5.41, 5.74) is 6.88. The van der Waals surface area contributed by atoms with Gasteiger partial charge < -0.3 is 10.2 Å². The Kier molecular flexibility index (Phi) is 2.22. The van der Waals surface area contributed by atoms with E-state index in [1.54, 1.807) is 18.2 Å². The van der Waals surface area contributed by atoms with Gasteiger partial charge in [0.25, 0.3) is 6.01 Å². The van der Waals surface area contributed by atoms with E-state index in [1.165, 1.54) is 0 Å². The number of fused-ring (bicyclic) bond motifs is 1. The minimum atomic E-state index is -0.404. The van der Waals surface area contributed by atoms with Crippen LogP contribution in [-0.4, -0.2) is 10.8 Å². The number of benzene rings is 1. The molecule has 0 aliphatic rings. The zero-order valence-corrected chi connectivity index (χ0v) is 9.57. The van der Waals surface area contributed by atoms with E-state index in [0.29, 0.717) is 16.7 Å². The van der Waals surface area contributed by atoms with Gasteiger partial charge in [0.1, 0.15) is 5.52 Å². The number of hydrogen-bond donors (Lipinski definition) is 1. The van der Waals surface area contributed by atoms with E-state index < -0.39 is 5.41 Å². The second-order valence-electron chi connectivity index (χ2n) is 4.81. The molecule has 0 aliphatic heterocycles. The van der Waals surface area contributed by atoms with Gasteiger partial charge in [-0.2, -0.15) is 4.98 Å². The summed E-state index contributed by atoms with van der Waals surface area (Å²) in [5, 5.41) is 0. The van der Waals surface area contributed by atoms with Crippen molar-refractivity contribution in [3.8, 4) is 0 Å². The van der Waals surface area contributed by atoms with Crippen LogP contribution in [0.25, 0.3) is 11.1 Å². The Bertz CT molecular complexity index is 550. The first-order chi connectivity index (χ1) is 7.38. The Morgan fingerprint density at radius 3 is 2.69 bits per heavy atom. The van der Waals surface area contributed by atoms with Crippen molar-refractivity contribution in [1.29, 1.82) is 0 Å². The number of anilines is 1. The molecule has 2 N–H and O–H groups in total. The Labute approximate surface area is 93.5 Å². The first-order valence-corrected chi connectivity index (χ1v) is 5.09. The number of nitrogen functional groups attached to an aromatic ring is 1. The van der Waals surface area contributed by atoms with Crippen LogP contribution in [0.5, 0.6) is 0 Å².